The quantitative estimate of drug-likeness (QED) is 0.504. The van der Waals surface area contributed by atoms with Gasteiger partial charge in [-0.25, -0.2) is 8.78 Å². The van der Waals surface area contributed by atoms with Crippen LogP contribution in [0, 0.1) is 5.41 Å². The molecular weight excluding hydrogens is 314 g/mol. The molecule has 6 rings (SSSR count). The van der Waals surface area contributed by atoms with Crippen LogP contribution in [0.4, 0.5) is 8.78 Å². The second-order valence-electron chi connectivity index (χ2n) is 7.67. The van der Waals surface area contributed by atoms with Crippen molar-refractivity contribution in [2.75, 3.05) is 0 Å². The summed E-state index contributed by atoms with van der Waals surface area (Å²) in [5.74, 6) is -0.276. The number of rotatable bonds is 0. The van der Waals surface area contributed by atoms with E-state index < -0.39 is 16.8 Å². The lowest BCUT2D eigenvalue weighted by Crippen LogP contribution is -2.43. The van der Waals surface area contributed by atoms with E-state index >= 15 is 8.78 Å². The Balaban J connectivity index is 1.89. The van der Waals surface area contributed by atoms with Gasteiger partial charge in [0.1, 0.15) is 0 Å². The van der Waals surface area contributed by atoms with E-state index in [9.17, 15) is 0 Å². The lowest BCUT2D eigenvalue weighted by atomic mass is 9.67. The molecule has 25 heavy (non-hydrogen) atoms. The predicted molar refractivity (Wildman–Crippen MR) is 93.1 cm³/mol. The molecule has 0 amide bonds. The molecule has 0 aliphatic heterocycles. The molecule has 3 aliphatic rings. The largest absolute Gasteiger partial charge is 0.233 e. The van der Waals surface area contributed by atoms with E-state index in [1.165, 1.54) is 0 Å². The van der Waals surface area contributed by atoms with Crippen molar-refractivity contribution in [2.45, 2.75) is 24.2 Å². The first-order chi connectivity index (χ1) is 12.1. The molecule has 4 atom stereocenters. The van der Waals surface area contributed by atoms with Crippen molar-refractivity contribution in [2.24, 2.45) is 5.41 Å². The van der Waals surface area contributed by atoms with Gasteiger partial charge in [-0.2, -0.15) is 0 Å². The first-order valence-electron chi connectivity index (χ1n) is 8.73. The van der Waals surface area contributed by atoms with Gasteiger partial charge in [0.25, 0.3) is 0 Å². The summed E-state index contributed by atoms with van der Waals surface area (Å²) in [4.78, 5) is 0. The van der Waals surface area contributed by atoms with Gasteiger partial charge in [0.2, 0.25) is 0 Å². The van der Waals surface area contributed by atoms with Crippen molar-refractivity contribution in [3.63, 3.8) is 0 Å². The van der Waals surface area contributed by atoms with Crippen LogP contribution in [0.1, 0.15) is 46.2 Å². The molecule has 0 fully saturated rings. The summed E-state index contributed by atoms with van der Waals surface area (Å²) in [6, 6.07) is 22.4. The summed E-state index contributed by atoms with van der Waals surface area (Å²) in [7, 11) is 0. The van der Waals surface area contributed by atoms with Crippen molar-refractivity contribution in [1.82, 2.24) is 0 Å². The Kier molecular flexibility index (Phi) is 2.12. The molecule has 0 bridgehead atoms. The summed E-state index contributed by atoms with van der Waals surface area (Å²) in [5, 5.41) is 0. The zero-order valence-corrected chi connectivity index (χ0v) is 13.8. The monoisotopic (exact) mass is 330 g/mol. The van der Waals surface area contributed by atoms with Crippen molar-refractivity contribution >= 4 is 0 Å². The smallest absolute Gasteiger partial charge is 0.171 e. The highest BCUT2D eigenvalue weighted by Crippen LogP contribution is 2.81. The molecule has 0 N–H and O–H groups in total. The fraction of sp³-hybridized carbons (Fsp3) is 0.217. The van der Waals surface area contributed by atoms with Gasteiger partial charge >= 0.3 is 0 Å². The minimum absolute atomic E-state index is 0.276. The van der Waals surface area contributed by atoms with Crippen LogP contribution in [-0.2, 0) is 11.3 Å². The Labute approximate surface area is 145 Å². The van der Waals surface area contributed by atoms with Crippen molar-refractivity contribution < 1.29 is 8.78 Å². The standard InChI is InChI=1S/C23H16F2/c1-21-20-14-8-2-4-10-16(14)22(21,24)18-12-6-7-13-19(18)23(21,25)17-11-5-3-9-15(17)20/h2-13,20H,1H3/t20?,21?,22-,23+. The van der Waals surface area contributed by atoms with Crippen LogP contribution >= 0.6 is 0 Å². The Morgan fingerprint density at radius 3 is 1.40 bits per heavy atom. The van der Waals surface area contributed by atoms with Gasteiger partial charge in [0, 0.05) is 17.0 Å². The average molecular weight is 330 g/mol. The molecule has 0 spiro atoms. The summed E-state index contributed by atoms with van der Waals surface area (Å²) in [6.07, 6.45) is 0. The maximum atomic E-state index is 17.0. The maximum Gasteiger partial charge on any atom is 0.171 e. The first kappa shape index (κ1) is 13.8. The molecule has 0 aromatic heterocycles. The molecule has 2 heteroatoms. The zero-order chi connectivity index (χ0) is 17.0. The van der Waals surface area contributed by atoms with Crippen LogP contribution < -0.4 is 0 Å². The minimum atomic E-state index is -1.82. The van der Waals surface area contributed by atoms with Gasteiger partial charge in [0.15, 0.2) is 11.3 Å². The third-order valence-corrected chi connectivity index (χ3v) is 6.96. The average Bonchev–Trinajstić information content (AvgIpc) is 3.07. The van der Waals surface area contributed by atoms with Gasteiger partial charge in [0.05, 0.1) is 5.41 Å². The van der Waals surface area contributed by atoms with Crippen LogP contribution in [0.3, 0.4) is 0 Å². The minimum Gasteiger partial charge on any atom is -0.233 e. The fourth-order valence-corrected chi connectivity index (χ4v) is 6.04. The van der Waals surface area contributed by atoms with E-state index in [-0.39, 0.29) is 5.92 Å². The van der Waals surface area contributed by atoms with Gasteiger partial charge in [-0.1, -0.05) is 79.7 Å². The molecule has 0 heterocycles. The first-order valence-corrected chi connectivity index (χ1v) is 8.73. The van der Waals surface area contributed by atoms with Crippen molar-refractivity contribution in [1.29, 1.82) is 0 Å². The lowest BCUT2D eigenvalue weighted by molar-refractivity contribution is -0.0357. The van der Waals surface area contributed by atoms with E-state index in [1.54, 1.807) is 19.1 Å². The zero-order valence-electron chi connectivity index (χ0n) is 13.8. The second kappa shape index (κ2) is 3.85. The number of hydrogen-bond acceptors (Lipinski definition) is 0. The maximum absolute atomic E-state index is 17.0. The Hall–Kier alpha value is -2.48. The van der Waals surface area contributed by atoms with Gasteiger partial charge in [-0.05, 0) is 22.3 Å². The number of halogens is 2. The van der Waals surface area contributed by atoms with E-state index in [1.807, 2.05) is 60.7 Å². The summed E-state index contributed by atoms with van der Waals surface area (Å²) in [6.45, 7) is 1.80. The fourth-order valence-electron chi connectivity index (χ4n) is 6.04. The second-order valence-corrected chi connectivity index (χ2v) is 7.67. The molecule has 0 radical (unpaired) electrons. The van der Waals surface area contributed by atoms with Crippen molar-refractivity contribution in [3.05, 3.63) is 106 Å². The highest BCUT2D eigenvalue weighted by molar-refractivity contribution is 5.71. The van der Waals surface area contributed by atoms with Crippen LogP contribution in [-0.4, -0.2) is 0 Å². The molecule has 122 valence electrons. The SMILES string of the molecule is CC12C3c4ccccc4[C@@]1(F)c1ccccc1[C@@]2(F)c1ccccc13. The lowest BCUT2D eigenvalue weighted by Gasteiger charge is -2.39. The summed E-state index contributed by atoms with van der Waals surface area (Å²) >= 11 is 0. The highest BCUT2D eigenvalue weighted by atomic mass is 19.2. The molecule has 3 aromatic rings. The van der Waals surface area contributed by atoms with Crippen LogP contribution in [0.25, 0.3) is 0 Å². The van der Waals surface area contributed by atoms with E-state index in [4.69, 9.17) is 0 Å². The topological polar surface area (TPSA) is 0 Å². The molecule has 0 saturated carbocycles. The molecule has 0 nitrogen and oxygen atoms in total. The molecule has 3 aliphatic carbocycles. The van der Waals surface area contributed by atoms with Gasteiger partial charge < -0.3 is 0 Å². The summed E-state index contributed by atoms with van der Waals surface area (Å²) < 4.78 is 34.0. The number of benzene rings is 3. The van der Waals surface area contributed by atoms with Crippen LogP contribution in [0.15, 0.2) is 72.8 Å². The third kappa shape index (κ3) is 1.10. The van der Waals surface area contributed by atoms with Gasteiger partial charge in [-0.15, -0.1) is 0 Å². The number of hydrogen-bond donors (Lipinski definition) is 0. The molecule has 2 unspecified atom stereocenters. The third-order valence-electron chi connectivity index (χ3n) is 6.96. The Morgan fingerprint density at radius 2 is 0.960 bits per heavy atom. The molecule has 3 aromatic carbocycles. The highest BCUT2D eigenvalue weighted by Gasteiger charge is 2.80. The number of fused-ring (bicyclic) bond motifs is 9. The van der Waals surface area contributed by atoms with Crippen molar-refractivity contribution in [3.8, 4) is 0 Å². The molecular formula is C23H16F2. The van der Waals surface area contributed by atoms with Crippen LogP contribution in [0.2, 0.25) is 0 Å². The number of alkyl halides is 2. The predicted octanol–water partition coefficient (Wildman–Crippen LogP) is 5.59. The van der Waals surface area contributed by atoms with E-state index in [2.05, 4.69) is 0 Å². The van der Waals surface area contributed by atoms with Crippen LogP contribution in [0.5, 0.6) is 0 Å². The molecule has 0 saturated heterocycles. The normalized spacial score (nSPS) is 35.9. The van der Waals surface area contributed by atoms with Gasteiger partial charge in [-0.3, -0.25) is 0 Å². The Bertz CT molecular complexity index is 988. The van der Waals surface area contributed by atoms with E-state index in [0.717, 1.165) is 11.1 Å². The summed E-state index contributed by atoms with van der Waals surface area (Å²) in [5.41, 5.74) is -0.751. The Morgan fingerprint density at radius 1 is 0.600 bits per heavy atom. The van der Waals surface area contributed by atoms with E-state index in [0.29, 0.717) is 22.3 Å².